The molecule has 0 bridgehead atoms. The zero-order chi connectivity index (χ0) is 14.1. The van der Waals surface area contributed by atoms with Crippen molar-refractivity contribution in [2.75, 3.05) is 5.32 Å². The molecule has 2 aromatic rings. The van der Waals surface area contributed by atoms with Crippen LogP contribution in [0.3, 0.4) is 0 Å². The highest BCUT2D eigenvalue weighted by atomic mass is 32.1. The van der Waals surface area contributed by atoms with Crippen molar-refractivity contribution in [3.8, 4) is 0 Å². The van der Waals surface area contributed by atoms with E-state index in [1.807, 2.05) is 0 Å². The number of nitrogens with one attached hydrogen (secondary N) is 1. The minimum atomic E-state index is 0.238. The number of anilines is 1. The molecule has 0 saturated carbocycles. The average molecular weight is 288 g/mol. The van der Waals surface area contributed by atoms with E-state index in [4.69, 9.17) is 0 Å². The summed E-state index contributed by atoms with van der Waals surface area (Å²) in [7, 11) is 0. The second-order valence-electron chi connectivity index (χ2n) is 5.40. The van der Waals surface area contributed by atoms with Gasteiger partial charge in [0.1, 0.15) is 12.1 Å². The van der Waals surface area contributed by atoms with Gasteiger partial charge < -0.3 is 5.32 Å². The maximum Gasteiger partial charge on any atom is 0.133 e. The summed E-state index contributed by atoms with van der Waals surface area (Å²) in [4.78, 5) is 14.7. The van der Waals surface area contributed by atoms with Gasteiger partial charge in [-0.05, 0) is 46.5 Å². The summed E-state index contributed by atoms with van der Waals surface area (Å²) < 4.78 is 0. The van der Waals surface area contributed by atoms with E-state index in [0.717, 1.165) is 29.4 Å². The van der Waals surface area contributed by atoms with Crippen molar-refractivity contribution in [1.82, 2.24) is 15.0 Å². The van der Waals surface area contributed by atoms with Crippen molar-refractivity contribution in [3.63, 3.8) is 0 Å². The van der Waals surface area contributed by atoms with Gasteiger partial charge >= 0.3 is 0 Å². The molecular weight excluding hydrogens is 268 g/mol. The molecule has 1 aliphatic rings. The molecule has 4 nitrogen and oxygen atoms in total. The number of aromatic nitrogens is 3. The second kappa shape index (κ2) is 5.48. The highest BCUT2D eigenvalue weighted by molar-refractivity contribution is 7.11. The fourth-order valence-corrected chi connectivity index (χ4v) is 3.79. The zero-order valence-electron chi connectivity index (χ0n) is 12.2. The normalized spacial score (nSPS) is 15.8. The minimum absolute atomic E-state index is 0.238. The summed E-state index contributed by atoms with van der Waals surface area (Å²) >= 11 is 1.76. The molecule has 2 aromatic heterocycles. The van der Waals surface area contributed by atoms with E-state index in [9.17, 15) is 0 Å². The highest BCUT2D eigenvalue weighted by Crippen LogP contribution is 2.30. The van der Waals surface area contributed by atoms with Crippen LogP contribution >= 0.6 is 11.3 Å². The molecule has 20 heavy (non-hydrogen) atoms. The van der Waals surface area contributed by atoms with Crippen LogP contribution in [0, 0.1) is 13.8 Å². The lowest BCUT2D eigenvalue weighted by atomic mass is 9.96. The van der Waals surface area contributed by atoms with E-state index >= 15 is 0 Å². The summed E-state index contributed by atoms with van der Waals surface area (Å²) in [5.74, 6) is 1.01. The molecule has 0 spiro atoms. The van der Waals surface area contributed by atoms with Crippen LogP contribution in [0.25, 0.3) is 0 Å². The first kappa shape index (κ1) is 13.5. The minimum Gasteiger partial charge on any atom is -0.362 e. The Balaban J connectivity index is 1.86. The van der Waals surface area contributed by atoms with E-state index in [1.54, 1.807) is 17.7 Å². The Morgan fingerprint density at radius 3 is 2.75 bits per heavy atom. The standard InChI is InChI=1S/C15H20N4S/c1-9-14(20-11(3)18-9)10(2)19-15-12-6-4-5-7-13(12)16-8-17-15/h8,10H,4-7H2,1-3H3,(H,16,17,19). The monoisotopic (exact) mass is 288 g/mol. The molecule has 0 saturated heterocycles. The van der Waals surface area contributed by atoms with Crippen LogP contribution in [0.4, 0.5) is 5.82 Å². The average Bonchev–Trinajstić information content (AvgIpc) is 2.78. The number of fused-ring (bicyclic) bond motifs is 1. The van der Waals surface area contributed by atoms with Gasteiger partial charge in [-0.1, -0.05) is 0 Å². The Labute approximate surface area is 123 Å². The van der Waals surface area contributed by atoms with Crippen LogP contribution < -0.4 is 5.32 Å². The number of hydrogen-bond acceptors (Lipinski definition) is 5. The first-order valence-electron chi connectivity index (χ1n) is 7.18. The summed E-state index contributed by atoms with van der Waals surface area (Å²) in [5.41, 5.74) is 3.65. The lowest BCUT2D eigenvalue weighted by Crippen LogP contribution is -2.14. The van der Waals surface area contributed by atoms with E-state index in [0.29, 0.717) is 0 Å². The smallest absolute Gasteiger partial charge is 0.133 e. The van der Waals surface area contributed by atoms with Crippen molar-refractivity contribution < 1.29 is 0 Å². The van der Waals surface area contributed by atoms with E-state index in [1.165, 1.54) is 29.0 Å². The lowest BCUT2D eigenvalue weighted by molar-refractivity contribution is 0.661. The van der Waals surface area contributed by atoms with Crippen LogP contribution in [0.2, 0.25) is 0 Å². The fraction of sp³-hybridized carbons (Fsp3) is 0.533. The van der Waals surface area contributed by atoms with Crippen LogP contribution in [-0.4, -0.2) is 15.0 Å². The first-order valence-corrected chi connectivity index (χ1v) is 8.00. The number of nitrogens with zero attached hydrogens (tertiary/aromatic N) is 3. The van der Waals surface area contributed by atoms with Gasteiger partial charge in [0.15, 0.2) is 0 Å². The van der Waals surface area contributed by atoms with Crippen molar-refractivity contribution in [2.45, 2.75) is 52.5 Å². The molecule has 1 N–H and O–H groups in total. The third-order valence-corrected chi connectivity index (χ3v) is 5.07. The van der Waals surface area contributed by atoms with Crippen molar-refractivity contribution in [2.24, 2.45) is 0 Å². The quantitative estimate of drug-likeness (QED) is 0.937. The molecule has 1 atom stereocenters. The third-order valence-electron chi connectivity index (χ3n) is 3.81. The number of hydrogen-bond donors (Lipinski definition) is 1. The van der Waals surface area contributed by atoms with Gasteiger partial charge in [0.25, 0.3) is 0 Å². The molecule has 0 aromatic carbocycles. The molecular formula is C15H20N4S. The Morgan fingerprint density at radius 1 is 1.20 bits per heavy atom. The second-order valence-corrected chi connectivity index (χ2v) is 6.64. The van der Waals surface area contributed by atoms with Crippen LogP contribution in [0.15, 0.2) is 6.33 Å². The van der Waals surface area contributed by atoms with Crippen molar-refractivity contribution >= 4 is 17.2 Å². The SMILES string of the molecule is Cc1nc(C)c(C(C)Nc2ncnc3c2CCCC3)s1. The molecule has 106 valence electrons. The maximum absolute atomic E-state index is 4.51. The summed E-state index contributed by atoms with van der Waals surface area (Å²) in [6, 6.07) is 0.238. The molecule has 0 radical (unpaired) electrons. The van der Waals surface area contributed by atoms with E-state index in [2.05, 4.69) is 41.0 Å². The van der Waals surface area contributed by atoms with Gasteiger partial charge in [0.05, 0.1) is 16.7 Å². The fourth-order valence-electron chi connectivity index (χ4n) is 2.86. The summed E-state index contributed by atoms with van der Waals surface area (Å²) in [6.07, 6.45) is 6.34. The Kier molecular flexibility index (Phi) is 3.70. The Morgan fingerprint density at radius 2 is 2.00 bits per heavy atom. The van der Waals surface area contributed by atoms with Crippen LogP contribution in [-0.2, 0) is 12.8 Å². The lowest BCUT2D eigenvalue weighted by Gasteiger charge is -2.20. The largest absolute Gasteiger partial charge is 0.362 e. The van der Waals surface area contributed by atoms with Crippen LogP contribution in [0.1, 0.15) is 52.6 Å². The topological polar surface area (TPSA) is 50.7 Å². The predicted molar refractivity (Wildman–Crippen MR) is 82.3 cm³/mol. The third kappa shape index (κ3) is 2.54. The molecule has 0 fully saturated rings. The predicted octanol–water partition coefficient (Wildman–Crippen LogP) is 3.60. The number of thiazole rings is 1. The van der Waals surface area contributed by atoms with E-state index in [-0.39, 0.29) is 6.04 Å². The van der Waals surface area contributed by atoms with Crippen LogP contribution in [0.5, 0.6) is 0 Å². The summed E-state index contributed by atoms with van der Waals surface area (Å²) in [5, 5.41) is 4.68. The maximum atomic E-state index is 4.51. The van der Waals surface area contributed by atoms with Crippen molar-refractivity contribution in [3.05, 3.63) is 33.2 Å². The van der Waals surface area contributed by atoms with Crippen molar-refractivity contribution in [1.29, 1.82) is 0 Å². The zero-order valence-corrected chi connectivity index (χ0v) is 13.0. The molecule has 0 amide bonds. The first-order chi connectivity index (χ1) is 9.65. The Bertz CT molecular complexity index is 620. The van der Waals surface area contributed by atoms with Gasteiger partial charge in [-0.2, -0.15) is 0 Å². The van der Waals surface area contributed by atoms with E-state index < -0.39 is 0 Å². The number of rotatable bonds is 3. The molecule has 2 heterocycles. The van der Waals surface area contributed by atoms with Gasteiger partial charge in [0.2, 0.25) is 0 Å². The number of aryl methyl sites for hydroxylation is 3. The Hall–Kier alpha value is -1.49. The molecule has 5 heteroatoms. The molecule has 1 unspecified atom stereocenters. The summed E-state index contributed by atoms with van der Waals surface area (Å²) in [6.45, 7) is 6.31. The van der Waals surface area contributed by atoms with Gasteiger partial charge in [-0.15, -0.1) is 11.3 Å². The van der Waals surface area contributed by atoms with Gasteiger partial charge in [0, 0.05) is 16.1 Å². The van der Waals surface area contributed by atoms with Gasteiger partial charge in [-0.3, -0.25) is 0 Å². The van der Waals surface area contributed by atoms with Gasteiger partial charge in [-0.25, -0.2) is 15.0 Å². The molecule has 1 aliphatic carbocycles. The highest BCUT2D eigenvalue weighted by Gasteiger charge is 2.19. The molecule has 0 aliphatic heterocycles. The molecule has 3 rings (SSSR count).